The maximum atomic E-state index is 13.1. The average molecular weight is 339 g/mol. The van der Waals surface area contributed by atoms with Gasteiger partial charge in [-0.3, -0.25) is 0 Å². The van der Waals surface area contributed by atoms with Crippen LogP contribution >= 0.6 is 0 Å². The van der Waals surface area contributed by atoms with Crippen LogP contribution in [-0.4, -0.2) is 17.1 Å². The average Bonchev–Trinajstić information content (AvgIpc) is 2.60. The Morgan fingerprint density at radius 2 is 1.60 bits per heavy atom. The second-order valence-corrected chi connectivity index (χ2v) is 7.46. The molecule has 2 N–H and O–H groups in total. The molecular formula is C21H26FN3. The van der Waals surface area contributed by atoms with E-state index in [9.17, 15) is 4.39 Å². The van der Waals surface area contributed by atoms with Gasteiger partial charge >= 0.3 is 0 Å². The Hall–Kier alpha value is -2.10. The van der Waals surface area contributed by atoms with E-state index >= 15 is 0 Å². The molecule has 2 atom stereocenters. The highest BCUT2D eigenvalue weighted by molar-refractivity contribution is 5.48. The van der Waals surface area contributed by atoms with Crippen molar-refractivity contribution in [3.05, 3.63) is 54.0 Å². The number of pyridine rings is 1. The van der Waals surface area contributed by atoms with Crippen molar-refractivity contribution in [2.24, 2.45) is 0 Å². The Kier molecular flexibility index (Phi) is 4.86. The minimum atomic E-state index is -0.157. The summed E-state index contributed by atoms with van der Waals surface area (Å²) >= 11 is 0. The molecule has 2 saturated carbocycles. The molecule has 25 heavy (non-hydrogen) atoms. The van der Waals surface area contributed by atoms with Crippen LogP contribution in [0.25, 0.3) is 0 Å². The van der Waals surface area contributed by atoms with Crippen LogP contribution < -0.4 is 10.6 Å². The van der Waals surface area contributed by atoms with Crippen LogP contribution in [0, 0.1) is 5.82 Å². The lowest BCUT2D eigenvalue weighted by atomic mass is 9.81. The monoisotopic (exact) mass is 339 g/mol. The molecule has 0 radical (unpaired) electrons. The molecule has 1 heterocycles. The first-order chi connectivity index (χ1) is 12.3. The van der Waals surface area contributed by atoms with Gasteiger partial charge in [0.05, 0.1) is 11.9 Å². The summed E-state index contributed by atoms with van der Waals surface area (Å²) in [6.45, 7) is 0. The lowest BCUT2D eigenvalue weighted by Gasteiger charge is -2.31. The Balaban J connectivity index is 1.34. The third kappa shape index (κ3) is 4.12. The lowest BCUT2D eigenvalue weighted by molar-refractivity contribution is 0.410. The van der Waals surface area contributed by atoms with Crippen molar-refractivity contribution in [2.75, 3.05) is 10.6 Å². The number of benzene rings is 1. The van der Waals surface area contributed by atoms with Crippen molar-refractivity contribution in [1.82, 2.24) is 4.98 Å². The van der Waals surface area contributed by atoms with E-state index < -0.39 is 0 Å². The van der Waals surface area contributed by atoms with Gasteiger partial charge < -0.3 is 10.6 Å². The van der Waals surface area contributed by atoms with Crippen LogP contribution in [0.2, 0.25) is 0 Å². The van der Waals surface area contributed by atoms with Gasteiger partial charge in [-0.25, -0.2) is 9.37 Å². The Morgan fingerprint density at radius 3 is 2.28 bits per heavy atom. The molecule has 0 spiro atoms. The van der Waals surface area contributed by atoms with E-state index in [0.717, 1.165) is 17.9 Å². The molecule has 2 fully saturated rings. The van der Waals surface area contributed by atoms with Crippen molar-refractivity contribution in [3.63, 3.8) is 0 Å². The predicted molar refractivity (Wildman–Crippen MR) is 101 cm³/mol. The van der Waals surface area contributed by atoms with Crippen molar-refractivity contribution < 1.29 is 4.39 Å². The number of hydrogen-bond acceptors (Lipinski definition) is 3. The fraction of sp³-hybridized carbons (Fsp3) is 0.476. The Labute approximate surface area is 149 Å². The lowest BCUT2D eigenvalue weighted by Crippen LogP contribution is -2.28. The molecule has 2 aliphatic rings. The summed E-state index contributed by atoms with van der Waals surface area (Å²) in [7, 11) is 0. The second kappa shape index (κ2) is 7.42. The third-order valence-electron chi connectivity index (χ3n) is 5.61. The van der Waals surface area contributed by atoms with Crippen molar-refractivity contribution in [3.8, 4) is 0 Å². The maximum absolute atomic E-state index is 13.1. The summed E-state index contributed by atoms with van der Waals surface area (Å²) in [5.74, 6) is 1.33. The van der Waals surface area contributed by atoms with Gasteiger partial charge in [-0.15, -0.1) is 0 Å². The normalized spacial score (nSPS) is 23.7. The highest BCUT2D eigenvalue weighted by Crippen LogP contribution is 2.34. The zero-order valence-corrected chi connectivity index (χ0v) is 14.5. The largest absolute Gasteiger partial charge is 0.381 e. The molecule has 0 aliphatic heterocycles. The molecule has 2 aliphatic carbocycles. The van der Waals surface area contributed by atoms with Crippen molar-refractivity contribution in [2.45, 2.75) is 62.9 Å². The van der Waals surface area contributed by atoms with E-state index in [0.29, 0.717) is 18.0 Å². The first-order valence-electron chi connectivity index (χ1n) is 9.51. The SMILES string of the molecule is Fc1ccc(C2CCCC(Nc3ccc(NC4CCC4)nc3)C2)cc1. The topological polar surface area (TPSA) is 37.0 Å². The summed E-state index contributed by atoms with van der Waals surface area (Å²) in [5, 5.41) is 7.11. The van der Waals surface area contributed by atoms with E-state index in [-0.39, 0.29) is 5.82 Å². The molecule has 1 aromatic carbocycles. The molecule has 2 unspecified atom stereocenters. The van der Waals surface area contributed by atoms with Crippen LogP contribution in [-0.2, 0) is 0 Å². The number of rotatable bonds is 5. The fourth-order valence-electron chi connectivity index (χ4n) is 3.92. The second-order valence-electron chi connectivity index (χ2n) is 7.46. The van der Waals surface area contributed by atoms with E-state index in [2.05, 4.69) is 27.8 Å². The van der Waals surface area contributed by atoms with E-state index in [4.69, 9.17) is 0 Å². The summed E-state index contributed by atoms with van der Waals surface area (Å²) in [5.41, 5.74) is 2.34. The van der Waals surface area contributed by atoms with Gasteiger partial charge in [-0.1, -0.05) is 18.6 Å². The number of anilines is 2. The molecule has 0 amide bonds. The van der Waals surface area contributed by atoms with E-state index in [1.54, 1.807) is 12.1 Å². The standard InChI is InChI=1S/C21H26FN3/c22-17-9-7-15(8-10-17)16-3-1-6-19(13-16)24-20-11-12-21(23-14-20)25-18-4-2-5-18/h7-12,14,16,18-19,24H,1-6,13H2,(H,23,25). The zero-order chi connectivity index (χ0) is 17.1. The number of aromatic nitrogens is 1. The summed E-state index contributed by atoms with van der Waals surface area (Å²) in [6.07, 6.45) is 10.4. The van der Waals surface area contributed by atoms with Crippen LogP contribution in [0.3, 0.4) is 0 Å². The number of nitrogens with zero attached hydrogens (tertiary/aromatic N) is 1. The van der Waals surface area contributed by atoms with Gasteiger partial charge in [0, 0.05) is 12.1 Å². The zero-order valence-electron chi connectivity index (χ0n) is 14.5. The molecule has 2 aromatic rings. The van der Waals surface area contributed by atoms with Crippen LogP contribution in [0.5, 0.6) is 0 Å². The fourth-order valence-corrected chi connectivity index (χ4v) is 3.92. The minimum Gasteiger partial charge on any atom is -0.381 e. The summed E-state index contributed by atoms with van der Waals surface area (Å²) in [4.78, 5) is 4.54. The molecule has 132 valence electrons. The van der Waals surface area contributed by atoms with Gasteiger partial charge in [0.2, 0.25) is 0 Å². The molecule has 4 heteroatoms. The number of nitrogens with one attached hydrogen (secondary N) is 2. The smallest absolute Gasteiger partial charge is 0.126 e. The quantitative estimate of drug-likeness (QED) is 0.774. The number of hydrogen-bond donors (Lipinski definition) is 2. The minimum absolute atomic E-state index is 0.157. The Bertz CT molecular complexity index is 679. The van der Waals surface area contributed by atoms with Gasteiger partial charge in [-0.05, 0) is 74.3 Å². The van der Waals surface area contributed by atoms with Gasteiger partial charge in [0.15, 0.2) is 0 Å². The molecule has 0 bridgehead atoms. The highest BCUT2D eigenvalue weighted by atomic mass is 19.1. The molecule has 4 rings (SSSR count). The van der Waals surface area contributed by atoms with Gasteiger partial charge in [0.25, 0.3) is 0 Å². The van der Waals surface area contributed by atoms with E-state index in [1.807, 2.05) is 18.3 Å². The van der Waals surface area contributed by atoms with Gasteiger partial charge in [-0.2, -0.15) is 0 Å². The van der Waals surface area contributed by atoms with Crippen LogP contribution in [0.4, 0.5) is 15.9 Å². The molecule has 3 nitrogen and oxygen atoms in total. The third-order valence-corrected chi connectivity index (χ3v) is 5.61. The van der Waals surface area contributed by atoms with Crippen molar-refractivity contribution in [1.29, 1.82) is 0 Å². The van der Waals surface area contributed by atoms with Crippen LogP contribution in [0.1, 0.15) is 56.4 Å². The maximum Gasteiger partial charge on any atom is 0.126 e. The van der Waals surface area contributed by atoms with Crippen LogP contribution in [0.15, 0.2) is 42.6 Å². The highest BCUT2D eigenvalue weighted by Gasteiger charge is 2.23. The van der Waals surface area contributed by atoms with Crippen molar-refractivity contribution >= 4 is 11.5 Å². The molecule has 1 aromatic heterocycles. The first kappa shape index (κ1) is 16.4. The van der Waals surface area contributed by atoms with Gasteiger partial charge in [0.1, 0.15) is 11.6 Å². The first-order valence-corrected chi connectivity index (χ1v) is 9.51. The predicted octanol–water partition coefficient (Wildman–Crippen LogP) is 5.32. The summed E-state index contributed by atoms with van der Waals surface area (Å²) in [6, 6.07) is 12.3. The molecular weight excluding hydrogens is 313 g/mol. The Morgan fingerprint density at radius 1 is 0.840 bits per heavy atom. The molecule has 0 saturated heterocycles. The summed E-state index contributed by atoms with van der Waals surface area (Å²) < 4.78 is 13.1. The van der Waals surface area contributed by atoms with E-state index in [1.165, 1.54) is 44.1 Å². The number of halogens is 1.